The Morgan fingerprint density at radius 3 is 2.68 bits per heavy atom. The maximum absolute atomic E-state index is 12.0. The number of carboxylic acid groups (broad SMARTS) is 1. The average molecular weight is 344 g/mol. The number of nitrogens with zero attached hydrogens (tertiary/aromatic N) is 2. The Morgan fingerprint density at radius 1 is 1.24 bits per heavy atom. The van der Waals surface area contributed by atoms with Gasteiger partial charge in [0, 0.05) is 31.4 Å². The van der Waals surface area contributed by atoms with Crippen molar-refractivity contribution in [3.8, 4) is 0 Å². The molecule has 7 nitrogen and oxygen atoms in total. The fourth-order valence-corrected chi connectivity index (χ4v) is 3.49. The van der Waals surface area contributed by atoms with Gasteiger partial charge in [-0.3, -0.25) is 9.48 Å². The maximum Gasteiger partial charge on any atom is 0.315 e. The van der Waals surface area contributed by atoms with Crippen molar-refractivity contribution in [3.63, 3.8) is 0 Å². The van der Waals surface area contributed by atoms with Crippen molar-refractivity contribution >= 4 is 22.9 Å². The molecule has 0 bridgehead atoms. The van der Waals surface area contributed by atoms with E-state index in [-0.39, 0.29) is 18.0 Å². The largest absolute Gasteiger partial charge is 0.481 e. The van der Waals surface area contributed by atoms with Crippen LogP contribution in [0.2, 0.25) is 0 Å². The summed E-state index contributed by atoms with van der Waals surface area (Å²) in [6.45, 7) is 0.511. The Morgan fingerprint density at radius 2 is 1.96 bits per heavy atom. The minimum absolute atomic E-state index is 0.0614. The zero-order valence-electron chi connectivity index (χ0n) is 14.4. The summed E-state index contributed by atoms with van der Waals surface area (Å²) in [4.78, 5) is 23.0. The SMILES string of the molecule is Cn1nc(CCNC(=O)NC2CCC(C(=O)O)CC2)c2ccccc21. The predicted octanol–water partition coefficient (Wildman–Crippen LogP) is 2.06. The lowest BCUT2D eigenvalue weighted by atomic mass is 9.86. The lowest BCUT2D eigenvalue weighted by Gasteiger charge is -2.26. The first-order valence-electron chi connectivity index (χ1n) is 8.72. The van der Waals surface area contributed by atoms with Crippen molar-refractivity contribution in [1.29, 1.82) is 0 Å². The van der Waals surface area contributed by atoms with Gasteiger partial charge in [-0.1, -0.05) is 18.2 Å². The van der Waals surface area contributed by atoms with Crippen LogP contribution in [0.1, 0.15) is 31.4 Å². The average Bonchev–Trinajstić information content (AvgIpc) is 2.92. The van der Waals surface area contributed by atoms with Gasteiger partial charge in [-0.2, -0.15) is 5.10 Å². The minimum atomic E-state index is -0.731. The highest BCUT2D eigenvalue weighted by molar-refractivity contribution is 5.82. The molecule has 1 aromatic heterocycles. The fourth-order valence-electron chi connectivity index (χ4n) is 3.49. The van der Waals surface area contributed by atoms with E-state index in [1.54, 1.807) is 0 Å². The van der Waals surface area contributed by atoms with Crippen LogP contribution < -0.4 is 10.6 Å². The first kappa shape index (κ1) is 17.3. The van der Waals surface area contributed by atoms with Gasteiger partial charge in [0.1, 0.15) is 0 Å². The van der Waals surface area contributed by atoms with E-state index in [1.807, 2.05) is 36.0 Å². The van der Waals surface area contributed by atoms with E-state index < -0.39 is 5.97 Å². The summed E-state index contributed by atoms with van der Waals surface area (Å²) in [5.41, 5.74) is 2.05. The molecule has 1 aliphatic carbocycles. The number of para-hydroxylation sites is 1. The summed E-state index contributed by atoms with van der Waals surface area (Å²) in [5, 5.41) is 20.4. The molecule has 1 aliphatic rings. The number of urea groups is 1. The molecule has 2 amide bonds. The van der Waals surface area contributed by atoms with E-state index in [4.69, 9.17) is 5.11 Å². The Labute approximate surface area is 146 Å². The highest BCUT2D eigenvalue weighted by Gasteiger charge is 2.26. The standard InChI is InChI=1S/C18H24N4O3/c1-22-16-5-3-2-4-14(16)15(21-22)10-11-19-18(25)20-13-8-6-12(7-9-13)17(23)24/h2-5,12-13H,6-11H2,1H3,(H,23,24)(H2,19,20,25). The summed E-state index contributed by atoms with van der Waals surface area (Å²) in [5.74, 6) is -0.996. The Balaban J connectivity index is 1.44. The molecule has 3 rings (SSSR count). The summed E-state index contributed by atoms with van der Waals surface area (Å²) < 4.78 is 1.85. The van der Waals surface area contributed by atoms with Crippen molar-refractivity contribution in [2.24, 2.45) is 13.0 Å². The third kappa shape index (κ3) is 4.10. The van der Waals surface area contributed by atoms with Crippen molar-refractivity contribution < 1.29 is 14.7 Å². The highest BCUT2D eigenvalue weighted by Crippen LogP contribution is 2.24. The Kier molecular flexibility index (Phi) is 5.21. The van der Waals surface area contributed by atoms with E-state index in [1.165, 1.54) is 0 Å². The van der Waals surface area contributed by atoms with Crippen molar-refractivity contribution in [3.05, 3.63) is 30.0 Å². The van der Waals surface area contributed by atoms with Crippen molar-refractivity contribution in [2.75, 3.05) is 6.54 Å². The number of amides is 2. The molecule has 0 radical (unpaired) electrons. The third-order valence-electron chi connectivity index (χ3n) is 4.89. The number of aryl methyl sites for hydroxylation is 1. The van der Waals surface area contributed by atoms with E-state index in [0.717, 1.165) is 29.4 Å². The summed E-state index contributed by atoms with van der Waals surface area (Å²) in [7, 11) is 1.92. The predicted molar refractivity (Wildman–Crippen MR) is 94.3 cm³/mol. The second-order valence-corrected chi connectivity index (χ2v) is 6.62. The van der Waals surface area contributed by atoms with Crippen LogP contribution in [0.25, 0.3) is 10.9 Å². The highest BCUT2D eigenvalue weighted by atomic mass is 16.4. The first-order valence-corrected chi connectivity index (χ1v) is 8.72. The minimum Gasteiger partial charge on any atom is -0.481 e. The van der Waals surface area contributed by atoms with Crippen molar-refractivity contribution in [1.82, 2.24) is 20.4 Å². The number of carboxylic acids is 1. The van der Waals surface area contributed by atoms with Crippen molar-refractivity contribution in [2.45, 2.75) is 38.1 Å². The molecular weight excluding hydrogens is 320 g/mol. The van der Waals surface area contributed by atoms with Gasteiger partial charge < -0.3 is 15.7 Å². The zero-order valence-corrected chi connectivity index (χ0v) is 14.4. The number of aliphatic carboxylic acids is 1. The number of aromatic nitrogens is 2. The molecule has 7 heteroatoms. The van der Waals surface area contributed by atoms with E-state index in [0.29, 0.717) is 25.8 Å². The molecule has 0 saturated heterocycles. The topological polar surface area (TPSA) is 96.3 Å². The van der Waals surface area contributed by atoms with Crippen LogP contribution in [0.3, 0.4) is 0 Å². The molecule has 0 unspecified atom stereocenters. The number of rotatable bonds is 5. The van der Waals surface area contributed by atoms with Gasteiger partial charge in [-0.05, 0) is 31.7 Å². The van der Waals surface area contributed by atoms with Gasteiger partial charge in [0.2, 0.25) is 0 Å². The molecule has 1 saturated carbocycles. The van der Waals surface area contributed by atoms with Crippen LogP contribution >= 0.6 is 0 Å². The number of carbonyl (C=O) groups is 2. The second kappa shape index (κ2) is 7.55. The van der Waals surface area contributed by atoms with Crippen LogP contribution in [0.4, 0.5) is 4.79 Å². The maximum atomic E-state index is 12.0. The molecule has 25 heavy (non-hydrogen) atoms. The molecular formula is C18H24N4O3. The van der Waals surface area contributed by atoms with Gasteiger partial charge in [-0.25, -0.2) is 4.79 Å². The van der Waals surface area contributed by atoms with Crippen LogP contribution in [0, 0.1) is 5.92 Å². The normalized spacial score (nSPS) is 20.4. The zero-order chi connectivity index (χ0) is 17.8. The van der Waals surface area contributed by atoms with E-state index in [9.17, 15) is 9.59 Å². The fraction of sp³-hybridized carbons (Fsp3) is 0.500. The quantitative estimate of drug-likeness (QED) is 0.773. The lowest BCUT2D eigenvalue weighted by Crippen LogP contribution is -2.44. The van der Waals surface area contributed by atoms with E-state index >= 15 is 0 Å². The molecule has 1 fully saturated rings. The number of carbonyl (C=O) groups excluding carboxylic acids is 1. The van der Waals surface area contributed by atoms with Gasteiger partial charge in [-0.15, -0.1) is 0 Å². The Bertz CT molecular complexity index is 763. The molecule has 1 aromatic carbocycles. The number of hydrogen-bond donors (Lipinski definition) is 3. The molecule has 0 atom stereocenters. The van der Waals surface area contributed by atoms with Crippen LogP contribution in [-0.2, 0) is 18.3 Å². The number of benzene rings is 1. The third-order valence-corrected chi connectivity index (χ3v) is 4.89. The van der Waals surface area contributed by atoms with Crippen LogP contribution in [-0.4, -0.2) is 39.5 Å². The van der Waals surface area contributed by atoms with E-state index in [2.05, 4.69) is 15.7 Å². The van der Waals surface area contributed by atoms with Gasteiger partial charge in [0.05, 0.1) is 17.1 Å². The molecule has 3 N–H and O–H groups in total. The van der Waals surface area contributed by atoms with Crippen LogP contribution in [0.15, 0.2) is 24.3 Å². The second-order valence-electron chi connectivity index (χ2n) is 6.62. The lowest BCUT2D eigenvalue weighted by molar-refractivity contribution is -0.142. The molecule has 2 aromatic rings. The molecule has 0 spiro atoms. The van der Waals surface area contributed by atoms with Crippen LogP contribution in [0.5, 0.6) is 0 Å². The number of fused-ring (bicyclic) bond motifs is 1. The summed E-state index contributed by atoms with van der Waals surface area (Å²) in [6, 6.07) is 7.91. The first-order chi connectivity index (χ1) is 12.0. The monoisotopic (exact) mass is 344 g/mol. The number of nitrogens with one attached hydrogen (secondary N) is 2. The molecule has 1 heterocycles. The summed E-state index contributed by atoms with van der Waals surface area (Å²) in [6.07, 6.45) is 3.35. The molecule has 134 valence electrons. The van der Waals surface area contributed by atoms with Gasteiger partial charge in [0.15, 0.2) is 0 Å². The molecule has 0 aliphatic heterocycles. The summed E-state index contributed by atoms with van der Waals surface area (Å²) >= 11 is 0. The smallest absolute Gasteiger partial charge is 0.315 e. The number of hydrogen-bond acceptors (Lipinski definition) is 3. The van der Waals surface area contributed by atoms with Gasteiger partial charge >= 0.3 is 12.0 Å². The Hall–Kier alpha value is -2.57. The van der Waals surface area contributed by atoms with Gasteiger partial charge in [0.25, 0.3) is 0 Å².